The van der Waals surface area contributed by atoms with Crippen molar-refractivity contribution in [1.82, 2.24) is 4.72 Å². The molecule has 1 aliphatic rings. The van der Waals surface area contributed by atoms with Gasteiger partial charge in [-0.05, 0) is 36.8 Å². The number of hydrogen-bond donors (Lipinski definition) is 1. The maximum atomic E-state index is 13.5. The Labute approximate surface area is 120 Å². The van der Waals surface area contributed by atoms with Gasteiger partial charge in [0, 0.05) is 6.54 Å². The lowest BCUT2D eigenvalue weighted by Crippen LogP contribution is -2.31. The van der Waals surface area contributed by atoms with E-state index < -0.39 is 15.8 Å². The summed E-state index contributed by atoms with van der Waals surface area (Å²) in [5.41, 5.74) is 0. The lowest BCUT2D eigenvalue weighted by atomic mass is 9.81. The summed E-state index contributed by atoms with van der Waals surface area (Å²) in [5.74, 6) is 0.462. The van der Waals surface area contributed by atoms with Crippen LogP contribution in [0.15, 0.2) is 29.2 Å². The standard InChI is InChI=1S/C15H22FNO2S/c1-2-12-7-9-13(10-8-12)11-17-20(18,19)15-6-4-3-5-14(15)16/h3-6,12-13,17H,2,7-11H2,1H3. The first-order valence-electron chi connectivity index (χ1n) is 7.27. The molecule has 0 saturated heterocycles. The molecule has 0 heterocycles. The van der Waals surface area contributed by atoms with Gasteiger partial charge in [-0.15, -0.1) is 0 Å². The number of benzene rings is 1. The molecular weight excluding hydrogens is 277 g/mol. The number of rotatable bonds is 5. The van der Waals surface area contributed by atoms with E-state index in [1.54, 1.807) is 0 Å². The molecule has 0 aliphatic heterocycles. The van der Waals surface area contributed by atoms with Gasteiger partial charge in [-0.25, -0.2) is 17.5 Å². The van der Waals surface area contributed by atoms with Gasteiger partial charge in [0.2, 0.25) is 10.0 Å². The maximum Gasteiger partial charge on any atom is 0.243 e. The highest BCUT2D eigenvalue weighted by molar-refractivity contribution is 7.89. The largest absolute Gasteiger partial charge is 0.243 e. The van der Waals surface area contributed by atoms with Crippen LogP contribution in [0.3, 0.4) is 0 Å². The van der Waals surface area contributed by atoms with Crippen LogP contribution in [-0.2, 0) is 10.0 Å². The first-order chi connectivity index (χ1) is 9.53. The number of sulfonamides is 1. The normalized spacial score (nSPS) is 23.7. The first kappa shape index (κ1) is 15.4. The van der Waals surface area contributed by atoms with Crippen LogP contribution in [0.1, 0.15) is 39.0 Å². The molecule has 0 unspecified atom stereocenters. The van der Waals surface area contributed by atoms with E-state index in [0.29, 0.717) is 12.5 Å². The Kier molecular flexibility index (Phi) is 5.16. The molecule has 1 aromatic rings. The molecule has 112 valence electrons. The summed E-state index contributed by atoms with van der Waals surface area (Å²) in [6.07, 6.45) is 5.65. The van der Waals surface area contributed by atoms with Crippen molar-refractivity contribution in [1.29, 1.82) is 0 Å². The Bertz CT molecular complexity index is 537. The monoisotopic (exact) mass is 299 g/mol. The van der Waals surface area contributed by atoms with Gasteiger partial charge < -0.3 is 0 Å². The van der Waals surface area contributed by atoms with Crippen LogP contribution in [0.2, 0.25) is 0 Å². The van der Waals surface area contributed by atoms with Gasteiger partial charge in [0.15, 0.2) is 0 Å². The molecule has 1 aromatic carbocycles. The second kappa shape index (κ2) is 6.68. The van der Waals surface area contributed by atoms with E-state index in [2.05, 4.69) is 11.6 Å². The van der Waals surface area contributed by atoms with E-state index in [4.69, 9.17) is 0 Å². The molecule has 0 spiro atoms. The fourth-order valence-electron chi connectivity index (χ4n) is 2.81. The average Bonchev–Trinajstić information content (AvgIpc) is 2.46. The van der Waals surface area contributed by atoms with Crippen molar-refractivity contribution in [2.75, 3.05) is 6.54 Å². The van der Waals surface area contributed by atoms with Crippen LogP contribution < -0.4 is 4.72 Å². The van der Waals surface area contributed by atoms with E-state index in [9.17, 15) is 12.8 Å². The summed E-state index contributed by atoms with van der Waals surface area (Å²) >= 11 is 0. The van der Waals surface area contributed by atoms with E-state index >= 15 is 0 Å². The summed E-state index contributed by atoms with van der Waals surface area (Å²) in [7, 11) is -3.73. The molecule has 1 saturated carbocycles. The van der Waals surface area contributed by atoms with Crippen molar-refractivity contribution in [3.8, 4) is 0 Å². The van der Waals surface area contributed by atoms with Crippen LogP contribution in [0.5, 0.6) is 0 Å². The third-order valence-electron chi connectivity index (χ3n) is 4.23. The van der Waals surface area contributed by atoms with Crippen LogP contribution >= 0.6 is 0 Å². The van der Waals surface area contributed by atoms with Gasteiger partial charge in [-0.1, -0.05) is 38.3 Å². The van der Waals surface area contributed by atoms with Crippen LogP contribution in [0, 0.1) is 17.7 Å². The predicted octanol–water partition coefficient (Wildman–Crippen LogP) is 3.32. The van der Waals surface area contributed by atoms with E-state index in [0.717, 1.165) is 18.8 Å². The zero-order valence-corrected chi connectivity index (χ0v) is 12.6. The van der Waals surface area contributed by atoms with Crippen molar-refractivity contribution < 1.29 is 12.8 Å². The van der Waals surface area contributed by atoms with Gasteiger partial charge in [0.1, 0.15) is 10.7 Å². The van der Waals surface area contributed by atoms with Crippen LogP contribution in [-0.4, -0.2) is 15.0 Å². The minimum atomic E-state index is -3.73. The third kappa shape index (κ3) is 3.79. The Morgan fingerprint density at radius 3 is 2.35 bits per heavy atom. The van der Waals surface area contributed by atoms with E-state index in [1.807, 2.05) is 0 Å². The molecule has 3 nitrogen and oxygen atoms in total. The molecule has 0 atom stereocenters. The average molecular weight is 299 g/mol. The molecule has 1 N–H and O–H groups in total. The summed E-state index contributed by atoms with van der Waals surface area (Å²) in [5, 5.41) is 0. The number of hydrogen-bond acceptors (Lipinski definition) is 2. The summed E-state index contributed by atoms with van der Waals surface area (Å²) in [6.45, 7) is 2.61. The van der Waals surface area contributed by atoms with Crippen molar-refractivity contribution in [3.63, 3.8) is 0 Å². The highest BCUT2D eigenvalue weighted by atomic mass is 32.2. The van der Waals surface area contributed by atoms with Gasteiger partial charge in [0.05, 0.1) is 0 Å². The van der Waals surface area contributed by atoms with Crippen LogP contribution in [0.25, 0.3) is 0 Å². The molecule has 2 rings (SSSR count). The van der Waals surface area contributed by atoms with Crippen molar-refractivity contribution >= 4 is 10.0 Å². The molecular formula is C15H22FNO2S. The lowest BCUT2D eigenvalue weighted by Gasteiger charge is -2.27. The Morgan fingerprint density at radius 2 is 1.75 bits per heavy atom. The highest BCUT2D eigenvalue weighted by Gasteiger charge is 2.23. The third-order valence-corrected chi connectivity index (χ3v) is 5.69. The lowest BCUT2D eigenvalue weighted by molar-refractivity contribution is 0.270. The van der Waals surface area contributed by atoms with E-state index in [-0.39, 0.29) is 4.90 Å². The first-order valence-corrected chi connectivity index (χ1v) is 8.75. The van der Waals surface area contributed by atoms with Crippen molar-refractivity contribution in [2.45, 2.75) is 43.9 Å². The Morgan fingerprint density at radius 1 is 1.15 bits per heavy atom. The smallest absolute Gasteiger partial charge is 0.211 e. The van der Waals surface area contributed by atoms with Gasteiger partial charge >= 0.3 is 0 Å². The summed E-state index contributed by atoms with van der Waals surface area (Å²) in [4.78, 5) is -0.262. The molecule has 1 aliphatic carbocycles. The van der Waals surface area contributed by atoms with Crippen LogP contribution in [0.4, 0.5) is 4.39 Å². The minimum absolute atomic E-state index is 0.262. The predicted molar refractivity (Wildman–Crippen MR) is 77.3 cm³/mol. The quantitative estimate of drug-likeness (QED) is 0.906. The highest BCUT2D eigenvalue weighted by Crippen LogP contribution is 2.30. The van der Waals surface area contributed by atoms with Gasteiger partial charge in [-0.2, -0.15) is 0 Å². The van der Waals surface area contributed by atoms with E-state index in [1.165, 1.54) is 43.5 Å². The molecule has 1 fully saturated rings. The second-order valence-electron chi connectivity index (χ2n) is 5.58. The number of halogens is 1. The second-order valence-corrected chi connectivity index (χ2v) is 7.31. The zero-order valence-electron chi connectivity index (χ0n) is 11.8. The Balaban J connectivity index is 1.92. The molecule has 0 amide bonds. The maximum absolute atomic E-state index is 13.5. The molecule has 5 heteroatoms. The molecule has 0 bridgehead atoms. The SMILES string of the molecule is CCC1CCC(CNS(=O)(=O)c2ccccc2F)CC1. The minimum Gasteiger partial charge on any atom is -0.211 e. The number of nitrogens with one attached hydrogen (secondary N) is 1. The Hall–Kier alpha value is -0.940. The fourth-order valence-corrected chi connectivity index (χ4v) is 4.00. The van der Waals surface area contributed by atoms with Gasteiger partial charge in [-0.3, -0.25) is 0 Å². The zero-order chi connectivity index (χ0) is 14.6. The van der Waals surface area contributed by atoms with Gasteiger partial charge in [0.25, 0.3) is 0 Å². The molecule has 20 heavy (non-hydrogen) atoms. The molecule has 0 aromatic heterocycles. The summed E-state index contributed by atoms with van der Waals surface area (Å²) in [6, 6.07) is 5.48. The topological polar surface area (TPSA) is 46.2 Å². The summed E-state index contributed by atoms with van der Waals surface area (Å²) < 4.78 is 40.2. The fraction of sp³-hybridized carbons (Fsp3) is 0.600. The van der Waals surface area contributed by atoms with Crippen molar-refractivity contribution in [2.24, 2.45) is 11.8 Å². The van der Waals surface area contributed by atoms with Crippen molar-refractivity contribution in [3.05, 3.63) is 30.1 Å². The molecule has 0 radical (unpaired) electrons.